The summed E-state index contributed by atoms with van der Waals surface area (Å²) in [5.74, 6) is 0.666. The lowest BCUT2D eigenvalue weighted by Gasteiger charge is -2.40. The maximum atomic E-state index is 6.09. The van der Waals surface area contributed by atoms with Crippen LogP contribution >= 0.6 is 38.9 Å². The summed E-state index contributed by atoms with van der Waals surface area (Å²) in [5.41, 5.74) is 0. The van der Waals surface area contributed by atoms with Gasteiger partial charge in [0.25, 0.3) is 0 Å². The van der Waals surface area contributed by atoms with E-state index in [0.29, 0.717) is 12.0 Å². The smallest absolute Gasteiger partial charge is 0.107 e. The standard InChI is InChI=1S/C15H25BrClN3S/c1-11(2)14(20-6-4-19(3)5-7-20)10-18-9-12-8-13(16)15(17)21-12/h8,11,14,18H,4-7,9-10H2,1-3H3. The molecule has 0 saturated carbocycles. The van der Waals surface area contributed by atoms with Crippen molar-refractivity contribution in [3.05, 3.63) is 19.8 Å². The Kier molecular flexibility index (Phi) is 6.97. The number of nitrogens with one attached hydrogen (secondary N) is 1. The predicted octanol–water partition coefficient (Wildman–Crippen LogP) is 3.53. The van der Waals surface area contributed by atoms with E-state index < -0.39 is 0 Å². The fourth-order valence-electron chi connectivity index (χ4n) is 2.76. The van der Waals surface area contributed by atoms with Crippen LogP contribution in [0.5, 0.6) is 0 Å². The normalized spacial score (nSPS) is 19.3. The summed E-state index contributed by atoms with van der Waals surface area (Å²) in [7, 11) is 2.21. The van der Waals surface area contributed by atoms with Gasteiger partial charge in [0.05, 0.1) is 0 Å². The van der Waals surface area contributed by atoms with Gasteiger partial charge in [-0.1, -0.05) is 25.4 Å². The van der Waals surface area contributed by atoms with Crippen molar-refractivity contribution in [1.82, 2.24) is 15.1 Å². The van der Waals surface area contributed by atoms with Crippen LogP contribution in [-0.2, 0) is 6.54 Å². The molecule has 0 amide bonds. The fourth-order valence-corrected chi connectivity index (χ4v) is 4.52. The number of halogens is 2. The van der Waals surface area contributed by atoms with E-state index in [2.05, 4.69) is 58.0 Å². The maximum absolute atomic E-state index is 6.09. The number of hydrogen-bond acceptors (Lipinski definition) is 4. The van der Waals surface area contributed by atoms with Crippen molar-refractivity contribution in [3.8, 4) is 0 Å². The van der Waals surface area contributed by atoms with Gasteiger partial charge in [-0.2, -0.15) is 0 Å². The van der Waals surface area contributed by atoms with Crippen LogP contribution in [0.3, 0.4) is 0 Å². The fraction of sp³-hybridized carbons (Fsp3) is 0.733. The summed E-state index contributed by atoms with van der Waals surface area (Å²) >= 11 is 11.2. The first-order chi connectivity index (χ1) is 9.97. The number of likely N-dealkylation sites (N-methyl/N-ethyl adjacent to an activating group) is 1. The molecule has 1 atom stereocenters. The summed E-state index contributed by atoms with van der Waals surface area (Å²) in [4.78, 5) is 6.33. The van der Waals surface area contributed by atoms with Gasteiger partial charge in [0.1, 0.15) is 4.34 Å². The van der Waals surface area contributed by atoms with Gasteiger partial charge in [0, 0.05) is 54.7 Å². The molecule has 0 spiro atoms. The Morgan fingerprint density at radius 2 is 2.00 bits per heavy atom. The molecule has 0 aromatic carbocycles. The minimum atomic E-state index is 0.609. The highest BCUT2D eigenvalue weighted by Gasteiger charge is 2.24. The summed E-state index contributed by atoms with van der Waals surface area (Å²) in [6.45, 7) is 11.3. The molecular weight excluding hydrogens is 370 g/mol. The highest BCUT2D eigenvalue weighted by molar-refractivity contribution is 9.10. The highest BCUT2D eigenvalue weighted by Crippen LogP contribution is 2.31. The Bertz CT molecular complexity index is 425. The molecule has 120 valence electrons. The quantitative estimate of drug-likeness (QED) is 0.796. The molecule has 3 nitrogen and oxygen atoms in total. The van der Waals surface area contributed by atoms with E-state index in [1.807, 2.05) is 0 Å². The van der Waals surface area contributed by atoms with Gasteiger partial charge in [-0.05, 0) is 35.0 Å². The molecule has 0 bridgehead atoms. The lowest BCUT2D eigenvalue weighted by molar-refractivity contribution is 0.0875. The molecule has 21 heavy (non-hydrogen) atoms. The van der Waals surface area contributed by atoms with Crippen molar-refractivity contribution < 1.29 is 0 Å². The zero-order valence-electron chi connectivity index (χ0n) is 13.0. The Morgan fingerprint density at radius 1 is 1.33 bits per heavy atom. The zero-order valence-corrected chi connectivity index (χ0v) is 16.2. The number of thiophene rings is 1. The van der Waals surface area contributed by atoms with Crippen LogP contribution in [0.1, 0.15) is 18.7 Å². The molecule has 1 unspecified atom stereocenters. The summed E-state index contributed by atoms with van der Waals surface area (Å²) in [5, 5.41) is 3.61. The Balaban J connectivity index is 1.82. The monoisotopic (exact) mass is 393 g/mol. The lowest BCUT2D eigenvalue weighted by atomic mass is 10.0. The van der Waals surface area contributed by atoms with E-state index in [0.717, 1.165) is 21.9 Å². The van der Waals surface area contributed by atoms with Crippen molar-refractivity contribution in [2.45, 2.75) is 26.4 Å². The second-order valence-corrected chi connectivity index (χ2v) is 8.71. The SMILES string of the molecule is CC(C)C(CNCc1cc(Br)c(Cl)s1)N1CCN(C)CC1. The maximum Gasteiger partial charge on any atom is 0.107 e. The van der Waals surface area contributed by atoms with Gasteiger partial charge < -0.3 is 10.2 Å². The first-order valence-corrected chi connectivity index (χ1v) is 9.53. The van der Waals surface area contributed by atoms with Crippen LogP contribution in [0.4, 0.5) is 0 Å². The lowest BCUT2D eigenvalue weighted by Crippen LogP contribution is -2.53. The van der Waals surface area contributed by atoms with Gasteiger partial charge in [-0.25, -0.2) is 0 Å². The minimum absolute atomic E-state index is 0.609. The molecule has 0 aliphatic carbocycles. The van der Waals surface area contributed by atoms with Crippen LogP contribution in [-0.4, -0.2) is 55.6 Å². The first-order valence-electron chi connectivity index (χ1n) is 7.54. The zero-order chi connectivity index (χ0) is 15.4. The second kappa shape index (κ2) is 8.27. The first kappa shape index (κ1) is 17.7. The van der Waals surface area contributed by atoms with Gasteiger partial charge >= 0.3 is 0 Å². The van der Waals surface area contributed by atoms with Gasteiger partial charge in [0.15, 0.2) is 0 Å². The Labute approximate surface area is 145 Å². The van der Waals surface area contributed by atoms with Crippen molar-refractivity contribution >= 4 is 38.9 Å². The van der Waals surface area contributed by atoms with Crippen molar-refractivity contribution in [1.29, 1.82) is 0 Å². The molecule has 1 aliphatic heterocycles. The third kappa shape index (κ3) is 5.19. The molecule has 1 aromatic heterocycles. The summed E-state index contributed by atoms with van der Waals surface area (Å²) in [6.07, 6.45) is 0. The molecule has 1 fully saturated rings. The van der Waals surface area contributed by atoms with E-state index in [1.54, 1.807) is 11.3 Å². The van der Waals surface area contributed by atoms with Gasteiger partial charge in [-0.15, -0.1) is 11.3 Å². The molecule has 1 saturated heterocycles. The molecule has 2 rings (SSSR count). The van der Waals surface area contributed by atoms with Crippen LogP contribution in [0.25, 0.3) is 0 Å². The van der Waals surface area contributed by atoms with E-state index in [9.17, 15) is 0 Å². The Morgan fingerprint density at radius 3 is 2.52 bits per heavy atom. The third-order valence-corrected chi connectivity index (χ3v) is 6.60. The molecule has 0 radical (unpaired) electrons. The van der Waals surface area contributed by atoms with Gasteiger partial charge in [0.2, 0.25) is 0 Å². The number of hydrogen-bond donors (Lipinski definition) is 1. The van der Waals surface area contributed by atoms with Gasteiger partial charge in [-0.3, -0.25) is 4.90 Å². The van der Waals surface area contributed by atoms with Crippen LogP contribution in [0.2, 0.25) is 4.34 Å². The second-order valence-electron chi connectivity index (χ2n) is 6.12. The molecular formula is C15H25BrClN3S. The average molecular weight is 395 g/mol. The van der Waals surface area contributed by atoms with Crippen LogP contribution in [0.15, 0.2) is 10.5 Å². The van der Waals surface area contributed by atoms with E-state index in [1.165, 1.54) is 31.1 Å². The van der Waals surface area contributed by atoms with Crippen molar-refractivity contribution in [2.75, 3.05) is 39.8 Å². The highest BCUT2D eigenvalue weighted by atomic mass is 79.9. The average Bonchev–Trinajstić information content (AvgIpc) is 2.75. The van der Waals surface area contributed by atoms with E-state index in [-0.39, 0.29) is 0 Å². The molecule has 1 N–H and O–H groups in total. The van der Waals surface area contributed by atoms with Crippen LogP contribution < -0.4 is 5.32 Å². The summed E-state index contributed by atoms with van der Waals surface area (Å²) in [6, 6.07) is 2.72. The largest absolute Gasteiger partial charge is 0.310 e. The number of rotatable bonds is 6. The van der Waals surface area contributed by atoms with Crippen molar-refractivity contribution in [3.63, 3.8) is 0 Å². The topological polar surface area (TPSA) is 18.5 Å². The third-order valence-electron chi connectivity index (χ3n) is 4.13. The predicted molar refractivity (Wildman–Crippen MR) is 96.4 cm³/mol. The molecule has 2 heterocycles. The summed E-state index contributed by atoms with van der Waals surface area (Å²) < 4.78 is 1.84. The van der Waals surface area contributed by atoms with E-state index in [4.69, 9.17) is 11.6 Å². The minimum Gasteiger partial charge on any atom is -0.310 e. The van der Waals surface area contributed by atoms with Crippen LogP contribution in [0, 0.1) is 5.92 Å². The van der Waals surface area contributed by atoms with E-state index >= 15 is 0 Å². The molecule has 1 aliphatic rings. The molecule has 6 heteroatoms. The number of nitrogens with zero attached hydrogens (tertiary/aromatic N) is 2. The number of piperazine rings is 1. The van der Waals surface area contributed by atoms with Crippen molar-refractivity contribution in [2.24, 2.45) is 5.92 Å². The Hall–Kier alpha value is 0.350. The molecule has 1 aromatic rings.